The number of rotatable bonds is 3. The Morgan fingerprint density at radius 1 is 1.39 bits per heavy atom. The first kappa shape index (κ1) is 11.3. The van der Waals surface area contributed by atoms with Crippen LogP contribution in [-0.2, 0) is 19.4 Å². The van der Waals surface area contributed by atoms with E-state index in [4.69, 9.17) is 4.74 Å². The molecule has 4 heteroatoms. The molecule has 1 aromatic carbocycles. The van der Waals surface area contributed by atoms with Crippen molar-refractivity contribution in [1.82, 2.24) is 15.3 Å². The van der Waals surface area contributed by atoms with Crippen LogP contribution in [0.15, 0.2) is 18.2 Å². The van der Waals surface area contributed by atoms with Crippen molar-refractivity contribution in [2.75, 3.05) is 14.2 Å². The second kappa shape index (κ2) is 4.46. The number of imidazole rings is 1. The first-order chi connectivity index (χ1) is 8.81. The number of H-pyrrole nitrogens is 1. The molecule has 3 rings (SSSR count). The maximum absolute atomic E-state index is 5.27. The number of fused-ring (bicyclic) bond motifs is 3. The van der Waals surface area contributed by atoms with E-state index in [1.54, 1.807) is 7.11 Å². The van der Waals surface area contributed by atoms with Crippen LogP contribution in [0.5, 0.6) is 5.75 Å². The van der Waals surface area contributed by atoms with Crippen LogP contribution in [0.3, 0.4) is 0 Å². The Bertz CT molecular complexity index is 574. The molecule has 0 bridgehead atoms. The van der Waals surface area contributed by atoms with Gasteiger partial charge in [0.2, 0.25) is 0 Å². The van der Waals surface area contributed by atoms with Gasteiger partial charge in [-0.05, 0) is 43.7 Å². The lowest BCUT2D eigenvalue weighted by atomic mass is 9.92. The topological polar surface area (TPSA) is 49.9 Å². The number of aromatic nitrogens is 2. The van der Waals surface area contributed by atoms with Gasteiger partial charge in [-0.1, -0.05) is 0 Å². The van der Waals surface area contributed by atoms with E-state index in [0.29, 0.717) is 0 Å². The zero-order valence-electron chi connectivity index (χ0n) is 10.7. The number of ether oxygens (including phenoxy) is 1. The van der Waals surface area contributed by atoms with Crippen molar-refractivity contribution in [3.8, 4) is 17.0 Å². The smallest absolute Gasteiger partial charge is 0.121 e. The van der Waals surface area contributed by atoms with Gasteiger partial charge >= 0.3 is 0 Å². The summed E-state index contributed by atoms with van der Waals surface area (Å²) in [4.78, 5) is 8.08. The minimum absolute atomic E-state index is 0.776. The quantitative estimate of drug-likeness (QED) is 0.865. The summed E-state index contributed by atoms with van der Waals surface area (Å²) in [5.41, 5.74) is 4.90. The average Bonchev–Trinajstić information content (AvgIpc) is 2.81. The third-order valence-electron chi connectivity index (χ3n) is 3.38. The Morgan fingerprint density at radius 2 is 2.28 bits per heavy atom. The maximum atomic E-state index is 5.27. The van der Waals surface area contributed by atoms with Gasteiger partial charge in [-0.25, -0.2) is 4.98 Å². The van der Waals surface area contributed by atoms with Crippen LogP contribution in [0, 0.1) is 0 Å². The third kappa shape index (κ3) is 1.78. The predicted molar refractivity (Wildman–Crippen MR) is 70.7 cm³/mol. The van der Waals surface area contributed by atoms with Gasteiger partial charge in [-0.2, -0.15) is 0 Å². The summed E-state index contributed by atoms with van der Waals surface area (Å²) in [6.07, 6.45) is 2.06. The van der Waals surface area contributed by atoms with Gasteiger partial charge in [0.15, 0.2) is 0 Å². The Kier molecular flexibility index (Phi) is 2.80. The van der Waals surface area contributed by atoms with Gasteiger partial charge in [0.05, 0.1) is 19.3 Å². The summed E-state index contributed by atoms with van der Waals surface area (Å²) in [7, 11) is 3.63. The molecule has 0 radical (unpaired) electrons. The summed E-state index contributed by atoms with van der Waals surface area (Å²) < 4.78 is 5.27. The molecule has 2 aromatic rings. The van der Waals surface area contributed by atoms with Crippen molar-refractivity contribution in [1.29, 1.82) is 0 Å². The molecule has 18 heavy (non-hydrogen) atoms. The second-order valence-corrected chi connectivity index (χ2v) is 4.56. The first-order valence-electron chi connectivity index (χ1n) is 6.21. The Hall–Kier alpha value is -1.81. The van der Waals surface area contributed by atoms with E-state index in [0.717, 1.165) is 36.7 Å². The Balaban J connectivity index is 2.05. The summed E-state index contributed by atoms with van der Waals surface area (Å²) in [6.45, 7) is 0.776. The summed E-state index contributed by atoms with van der Waals surface area (Å²) >= 11 is 0. The number of aromatic amines is 1. The van der Waals surface area contributed by atoms with Crippen LogP contribution in [0.4, 0.5) is 0 Å². The Labute approximate surface area is 106 Å². The number of nitrogens with zero attached hydrogens (tertiary/aromatic N) is 1. The molecule has 1 heterocycles. The number of benzene rings is 1. The molecule has 0 amide bonds. The second-order valence-electron chi connectivity index (χ2n) is 4.56. The lowest BCUT2D eigenvalue weighted by Gasteiger charge is -2.15. The predicted octanol–water partition coefficient (Wildman–Crippen LogP) is 1.90. The SMILES string of the molecule is CNCc1nc2c([nH]1)CCc1cc(OC)ccc1-2. The molecule has 0 atom stereocenters. The number of aryl methyl sites for hydroxylation is 2. The van der Waals surface area contributed by atoms with Crippen LogP contribution in [0.2, 0.25) is 0 Å². The largest absolute Gasteiger partial charge is 0.497 e. The molecule has 0 saturated heterocycles. The maximum Gasteiger partial charge on any atom is 0.121 e. The zero-order chi connectivity index (χ0) is 12.5. The molecule has 0 saturated carbocycles. The van der Waals surface area contributed by atoms with E-state index in [1.807, 2.05) is 13.1 Å². The molecular weight excluding hydrogens is 226 g/mol. The minimum atomic E-state index is 0.776. The normalized spacial score (nSPS) is 13.0. The highest BCUT2D eigenvalue weighted by Gasteiger charge is 2.20. The average molecular weight is 243 g/mol. The fourth-order valence-electron chi connectivity index (χ4n) is 2.51. The molecule has 94 valence electrons. The number of methoxy groups -OCH3 is 1. The van der Waals surface area contributed by atoms with E-state index >= 15 is 0 Å². The molecule has 2 N–H and O–H groups in total. The van der Waals surface area contributed by atoms with Crippen molar-refractivity contribution in [2.45, 2.75) is 19.4 Å². The Morgan fingerprint density at radius 3 is 3.06 bits per heavy atom. The van der Waals surface area contributed by atoms with Gasteiger partial charge in [-0.15, -0.1) is 0 Å². The van der Waals surface area contributed by atoms with Gasteiger partial charge in [0, 0.05) is 11.3 Å². The van der Waals surface area contributed by atoms with Crippen molar-refractivity contribution in [2.24, 2.45) is 0 Å². The van der Waals surface area contributed by atoms with E-state index in [2.05, 4.69) is 27.4 Å². The number of hydrogen-bond acceptors (Lipinski definition) is 3. The minimum Gasteiger partial charge on any atom is -0.497 e. The van der Waals surface area contributed by atoms with Crippen LogP contribution >= 0.6 is 0 Å². The van der Waals surface area contributed by atoms with Crippen molar-refractivity contribution in [3.05, 3.63) is 35.3 Å². The molecule has 1 aromatic heterocycles. The van der Waals surface area contributed by atoms with Gasteiger partial charge in [0.1, 0.15) is 11.6 Å². The standard InChI is InChI=1S/C14H17N3O/c1-15-8-13-16-12-6-3-9-7-10(18-2)4-5-11(9)14(12)17-13/h4-5,7,15H,3,6,8H2,1-2H3,(H,16,17). The van der Waals surface area contributed by atoms with Gasteiger partial charge in [-0.3, -0.25) is 0 Å². The van der Waals surface area contributed by atoms with Crippen molar-refractivity contribution < 1.29 is 4.74 Å². The van der Waals surface area contributed by atoms with Gasteiger partial charge < -0.3 is 15.0 Å². The van der Waals surface area contributed by atoms with Crippen LogP contribution in [0.25, 0.3) is 11.3 Å². The van der Waals surface area contributed by atoms with E-state index in [1.165, 1.54) is 16.8 Å². The molecule has 4 nitrogen and oxygen atoms in total. The fourth-order valence-corrected chi connectivity index (χ4v) is 2.51. The summed E-state index contributed by atoms with van der Waals surface area (Å²) in [5.74, 6) is 1.93. The van der Waals surface area contributed by atoms with Gasteiger partial charge in [0.25, 0.3) is 0 Å². The molecule has 1 aliphatic rings. The molecule has 1 aliphatic carbocycles. The summed E-state index contributed by atoms with van der Waals surface area (Å²) in [5, 5.41) is 3.12. The highest BCUT2D eigenvalue weighted by atomic mass is 16.5. The van der Waals surface area contributed by atoms with Crippen molar-refractivity contribution >= 4 is 0 Å². The molecule has 0 spiro atoms. The lowest BCUT2D eigenvalue weighted by Crippen LogP contribution is -2.06. The first-order valence-corrected chi connectivity index (χ1v) is 6.21. The van der Waals surface area contributed by atoms with E-state index < -0.39 is 0 Å². The lowest BCUT2D eigenvalue weighted by molar-refractivity contribution is 0.414. The molecule has 0 fully saturated rings. The van der Waals surface area contributed by atoms with E-state index in [-0.39, 0.29) is 0 Å². The van der Waals surface area contributed by atoms with Crippen LogP contribution < -0.4 is 10.1 Å². The fraction of sp³-hybridized carbons (Fsp3) is 0.357. The van der Waals surface area contributed by atoms with E-state index in [9.17, 15) is 0 Å². The van der Waals surface area contributed by atoms with Crippen LogP contribution in [0.1, 0.15) is 17.1 Å². The monoisotopic (exact) mass is 243 g/mol. The highest BCUT2D eigenvalue weighted by molar-refractivity contribution is 5.69. The number of nitrogens with one attached hydrogen (secondary N) is 2. The molecule has 0 unspecified atom stereocenters. The van der Waals surface area contributed by atoms with Crippen molar-refractivity contribution in [3.63, 3.8) is 0 Å². The zero-order valence-corrected chi connectivity index (χ0v) is 10.7. The molecule has 0 aliphatic heterocycles. The summed E-state index contributed by atoms with van der Waals surface area (Å²) in [6, 6.07) is 6.22. The highest BCUT2D eigenvalue weighted by Crippen LogP contribution is 2.33. The number of hydrogen-bond donors (Lipinski definition) is 2. The third-order valence-corrected chi connectivity index (χ3v) is 3.38. The molecular formula is C14H17N3O. The van der Waals surface area contributed by atoms with Crippen LogP contribution in [-0.4, -0.2) is 24.1 Å².